The summed E-state index contributed by atoms with van der Waals surface area (Å²) in [6.07, 6.45) is 1.14. The molecule has 0 aromatic heterocycles. The quantitative estimate of drug-likeness (QED) is 0.357. The van der Waals surface area contributed by atoms with E-state index in [0.717, 1.165) is 21.9 Å². The van der Waals surface area contributed by atoms with Gasteiger partial charge in [-0.25, -0.2) is 8.42 Å². The molecular formula is C30H37N3O4S. The van der Waals surface area contributed by atoms with E-state index in [4.69, 9.17) is 0 Å². The van der Waals surface area contributed by atoms with Gasteiger partial charge >= 0.3 is 0 Å². The summed E-state index contributed by atoms with van der Waals surface area (Å²) in [5.41, 5.74) is 2.20. The van der Waals surface area contributed by atoms with Gasteiger partial charge in [0.15, 0.2) is 0 Å². The maximum Gasteiger partial charge on any atom is 0.264 e. The summed E-state index contributed by atoms with van der Waals surface area (Å²) < 4.78 is 28.7. The number of hydrogen-bond donors (Lipinski definition) is 1. The van der Waals surface area contributed by atoms with Crippen LogP contribution in [0.2, 0.25) is 0 Å². The van der Waals surface area contributed by atoms with E-state index in [2.05, 4.69) is 5.32 Å². The lowest BCUT2D eigenvalue weighted by Gasteiger charge is -2.33. The molecule has 0 heterocycles. The number of sulfonamides is 1. The Kier molecular flexibility index (Phi) is 10.1. The van der Waals surface area contributed by atoms with Gasteiger partial charge in [-0.15, -0.1) is 0 Å². The van der Waals surface area contributed by atoms with E-state index < -0.39 is 28.5 Å². The van der Waals surface area contributed by atoms with Gasteiger partial charge in [0.25, 0.3) is 10.0 Å². The Labute approximate surface area is 226 Å². The molecule has 38 heavy (non-hydrogen) atoms. The second kappa shape index (κ2) is 13.2. The molecule has 0 radical (unpaired) electrons. The van der Waals surface area contributed by atoms with Crippen molar-refractivity contribution in [1.82, 2.24) is 10.2 Å². The lowest BCUT2D eigenvalue weighted by atomic mass is 10.1. The fourth-order valence-corrected chi connectivity index (χ4v) is 5.54. The Morgan fingerprint density at radius 1 is 0.842 bits per heavy atom. The molecule has 0 aliphatic carbocycles. The first-order valence-electron chi connectivity index (χ1n) is 13.0. The molecule has 7 nitrogen and oxygen atoms in total. The SMILES string of the molecule is CC[C@H](C(=O)N[C@@H](C)CC)N(Cc1ccccc1)C(=O)CN(c1ccc(C)cc1)S(=O)(=O)c1ccccc1. The number of nitrogens with one attached hydrogen (secondary N) is 1. The predicted molar refractivity (Wildman–Crippen MR) is 151 cm³/mol. The zero-order valence-electron chi connectivity index (χ0n) is 22.5. The van der Waals surface area contributed by atoms with E-state index in [0.29, 0.717) is 12.1 Å². The summed E-state index contributed by atoms with van der Waals surface area (Å²) in [7, 11) is -4.06. The molecule has 0 aliphatic heterocycles. The molecule has 0 spiro atoms. The molecule has 0 unspecified atom stereocenters. The third-order valence-electron chi connectivity index (χ3n) is 6.51. The number of carbonyl (C=O) groups excluding carboxylic acids is 2. The van der Waals surface area contributed by atoms with Gasteiger partial charge in [0.05, 0.1) is 10.6 Å². The van der Waals surface area contributed by atoms with Gasteiger partial charge in [-0.1, -0.05) is 80.1 Å². The fourth-order valence-electron chi connectivity index (χ4n) is 4.10. The number of rotatable bonds is 12. The normalized spacial score (nSPS) is 12.8. The molecule has 0 saturated heterocycles. The van der Waals surface area contributed by atoms with Crippen LogP contribution in [-0.4, -0.2) is 43.8 Å². The number of aryl methyl sites for hydroxylation is 1. The highest BCUT2D eigenvalue weighted by atomic mass is 32.2. The van der Waals surface area contributed by atoms with Crippen molar-refractivity contribution >= 4 is 27.5 Å². The Balaban J connectivity index is 2.02. The van der Waals surface area contributed by atoms with Gasteiger partial charge < -0.3 is 10.2 Å². The summed E-state index contributed by atoms with van der Waals surface area (Å²) in [5.74, 6) is -0.709. The molecular weight excluding hydrogens is 498 g/mol. The van der Waals surface area contributed by atoms with E-state index in [1.807, 2.05) is 70.2 Å². The van der Waals surface area contributed by atoms with E-state index in [1.165, 1.54) is 17.0 Å². The molecule has 8 heteroatoms. The maximum absolute atomic E-state index is 14.0. The largest absolute Gasteiger partial charge is 0.352 e. The van der Waals surface area contributed by atoms with Crippen LogP contribution in [0.25, 0.3) is 0 Å². The van der Waals surface area contributed by atoms with Gasteiger partial charge in [0.2, 0.25) is 11.8 Å². The summed E-state index contributed by atoms with van der Waals surface area (Å²) in [4.78, 5) is 28.8. The smallest absolute Gasteiger partial charge is 0.264 e. The number of carbonyl (C=O) groups is 2. The molecule has 1 N–H and O–H groups in total. The summed E-state index contributed by atoms with van der Waals surface area (Å²) in [6, 6.07) is 23.7. The van der Waals surface area contributed by atoms with E-state index in [9.17, 15) is 18.0 Å². The predicted octanol–water partition coefficient (Wildman–Crippen LogP) is 4.91. The van der Waals surface area contributed by atoms with Crippen LogP contribution in [0, 0.1) is 6.92 Å². The Hall–Kier alpha value is -3.65. The van der Waals surface area contributed by atoms with Crippen molar-refractivity contribution in [3.8, 4) is 0 Å². The minimum absolute atomic E-state index is 0.0484. The minimum atomic E-state index is -4.06. The van der Waals surface area contributed by atoms with Crippen molar-refractivity contribution in [2.45, 2.75) is 64.1 Å². The third-order valence-corrected chi connectivity index (χ3v) is 8.30. The zero-order valence-corrected chi connectivity index (χ0v) is 23.3. The molecule has 3 aromatic rings. The van der Waals surface area contributed by atoms with E-state index in [-0.39, 0.29) is 23.4 Å². The van der Waals surface area contributed by atoms with Gasteiger partial charge in [-0.05, 0) is 56.5 Å². The molecule has 0 aliphatic rings. The van der Waals surface area contributed by atoms with E-state index in [1.54, 1.807) is 30.3 Å². The monoisotopic (exact) mass is 535 g/mol. The maximum atomic E-state index is 14.0. The van der Waals surface area contributed by atoms with Crippen molar-refractivity contribution in [1.29, 1.82) is 0 Å². The molecule has 0 fully saturated rings. The second-order valence-electron chi connectivity index (χ2n) is 9.41. The number of amides is 2. The molecule has 0 saturated carbocycles. The first-order chi connectivity index (χ1) is 18.2. The molecule has 202 valence electrons. The van der Waals surface area contributed by atoms with Crippen LogP contribution in [0.4, 0.5) is 5.69 Å². The Bertz CT molecular complexity index is 1300. The molecule has 3 aromatic carbocycles. The van der Waals surface area contributed by atoms with Crippen molar-refractivity contribution in [3.63, 3.8) is 0 Å². The Morgan fingerprint density at radius 3 is 1.97 bits per heavy atom. The van der Waals surface area contributed by atoms with Crippen LogP contribution in [0.1, 0.15) is 44.7 Å². The van der Waals surface area contributed by atoms with Crippen LogP contribution >= 0.6 is 0 Å². The van der Waals surface area contributed by atoms with Crippen LogP contribution in [0.5, 0.6) is 0 Å². The first-order valence-corrected chi connectivity index (χ1v) is 14.4. The van der Waals surface area contributed by atoms with E-state index >= 15 is 0 Å². The van der Waals surface area contributed by atoms with Crippen LogP contribution in [-0.2, 0) is 26.2 Å². The molecule has 2 atom stereocenters. The van der Waals surface area contributed by atoms with Crippen molar-refractivity contribution in [2.75, 3.05) is 10.8 Å². The summed E-state index contributed by atoms with van der Waals surface area (Å²) in [6.45, 7) is 7.39. The van der Waals surface area contributed by atoms with Gasteiger partial charge in [0.1, 0.15) is 12.6 Å². The Morgan fingerprint density at radius 2 is 1.42 bits per heavy atom. The average Bonchev–Trinajstić information content (AvgIpc) is 2.93. The first kappa shape index (κ1) is 28.9. The average molecular weight is 536 g/mol. The highest BCUT2D eigenvalue weighted by molar-refractivity contribution is 7.92. The van der Waals surface area contributed by atoms with Gasteiger partial charge in [-0.2, -0.15) is 0 Å². The lowest BCUT2D eigenvalue weighted by Crippen LogP contribution is -2.53. The third kappa shape index (κ3) is 7.22. The minimum Gasteiger partial charge on any atom is -0.352 e. The summed E-state index contributed by atoms with van der Waals surface area (Å²) >= 11 is 0. The fraction of sp³-hybridized carbons (Fsp3) is 0.333. The zero-order chi connectivity index (χ0) is 27.7. The van der Waals surface area contributed by atoms with Crippen LogP contribution in [0.15, 0.2) is 89.8 Å². The molecule has 3 rings (SSSR count). The highest BCUT2D eigenvalue weighted by Gasteiger charge is 2.33. The van der Waals surface area contributed by atoms with Crippen LogP contribution in [0.3, 0.4) is 0 Å². The van der Waals surface area contributed by atoms with Crippen molar-refractivity contribution in [3.05, 3.63) is 96.1 Å². The number of benzene rings is 3. The van der Waals surface area contributed by atoms with Crippen molar-refractivity contribution < 1.29 is 18.0 Å². The molecule has 0 bridgehead atoms. The standard InChI is InChI=1S/C30H37N3O4S/c1-5-24(4)31-30(35)28(6-2)32(21-25-13-9-7-10-14-25)29(34)22-33(26-19-17-23(3)18-20-26)38(36,37)27-15-11-8-12-16-27/h7-20,24,28H,5-6,21-22H2,1-4H3,(H,31,35)/t24-,28+/m0/s1. The lowest BCUT2D eigenvalue weighted by molar-refractivity contribution is -0.140. The molecule has 2 amide bonds. The van der Waals surface area contributed by atoms with Crippen molar-refractivity contribution in [2.24, 2.45) is 0 Å². The van der Waals surface area contributed by atoms with Gasteiger partial charge in [-0.3, -0.25) is 13.9 Å². The summed E-state index contributed by atoms with van der Waals surface area (Å²) in [5, 5.41) is 2.98. The number of nitrogens with zero attached hydrogens (tertiary/aromatic N) is 2. The topological polar surface area (TPSA) is 86.8 Å². The number of anilines is 1. The second-order valence-corrected chi connectivity index (χ2v) is 11.3. The highest BCUT2D eigenvalue weighted by Crippen LogP contribution is 2.25. The number of hydrogen-bond acceptors (Lipinski definition) is 4. The van der Waals surface area contributed by atoms with Gasteiger partial charge in [0, 0.05) is 12.6 Å². The van der Waals surface area contributed by atoms with Crippen LogP contribution < -0.4 is 9.62 Å².